The molecule has 0 heterocycles. The lowest BCUT2D eigenvalue weighted by atomic mass is 9.96. The molecule has 1 atom stereocenters. The summed E-state index contributed by atoms with van der Waals surface area (Å²) in [5.41, 5.74) is 0.348. The van der Waals surface area contributed by atoms with Crippen molar-refractivity contribution in [2.75, 3.05) is 0 Å². The zero-order valence-corrected chi connectivity index (χ0v) is 9.62. The van der Waals surface area contributed by atoms with Crippen LogP contribution in [0, 0.1) is 0 Å². The highest BCUT2D eigenvalue weighted by molar-refractivity contribution is 5.82. The summed E-state index contributed by atoms with van der Waals surface area (Å²) in [6, 6.07) is 5.71. The summed E-state index contributed by atoms with van der Waals surface area (Å²) < 4.78 is 4.79. The molecule has 1 unspecified atom stereocenters. The Morgan fingerprint density at radius 2 is 1.72 bits per heavy atom. The van der Waals surface area contributed by atoms with Gasteiger partial charge < -0.3 is 14.9 Å². The van der Waals surface area contributed by atoms with Crippen molar-refractivity contribution < 1.29 is 29.3 Å². The van der Waals surface area contributed by atoms with Crippen molar-refractivity contribution in [3.8, 4) is 5.75 Å². The topological polar surface area (TPSA) is 101 Å². The van der Waals surface area contributed by atoms with Crippen molar-refractivity contribution in [1.29, 1.82) is 0 Å². The van der Waals surface area contributed by atoms with E-state index in [-0.39, 0.29) is 5.75 Å². The Balaban J connectivity index is 2.90. The summed E-state index contributed by atoms with van der Waals surface area (Å²) in [7, 11) is 0. The minimum Gasteiger partial charge on any atom is -0.481 e. The molecule has 0 spiro atoms. The summed E-state index contributed by atoms with van der Waals surface area (Å²) in [5.74, 6) is -3.72. The quantitative estimate of drug-likeness (QED) is 0.604. The van der Waals surface area contributed by atoms with Gasteiger partial charge in [0.05, 0.1) is 12.3 Å². The highest BCUT2D eigenvalue weighted by Crippen LogP contribution is 2.23. The van der Waals surface area contributed by atoms with Crippen molar-refractivity contribution in [3.63, 3.8) is 0 Å². The summed E-state index contributed by atoms with van der Waals surface area (Å²) in [5, 5.41) is 17.6. The average Bonchev–Trinajstić information content (AvgIpc) is 2.26. The predicted octanol–water partition coefficient (Wildman–Crippen LogP) is 1.25. The number of rotatable bonds is 5. The van der Waals surface area contributed by atoms with Gasteiger partial charge in [-0.1, -0.05) is 12.1 Å². The predicted molar refractivity (Wildman–Crippen MR) is 60.4 cm³/mol. The molecule has 0 fully saturated rings. The van der Waals surface area contributed by atoms with Gasteiger partial charge in [-0.05, 0) is 17.7 Å². The fraction of sp³-hybridized carbons (Fsp3) is 0.250. The monoisotopic (exact) mass is 252 g/mol. The molecule has 0 aliphatic rings. The lowest BCUT2D eigenvalue weighted by Crippen LogP contribution is -2.15. The van der Waals surface area contributed by atoms with Gasteiger partial charge in [-0.25, -0.2) is 0 Å². The fourth-order valence-electron chi connectivity index (χ4n) is 1.46. The molecule has 6 nitrogen and oxygen atoms in total. The van der Waals surface area contributed by atoms with E-state index in [1.807, 2.05) is 0 Å². The lowest BCUT2D eigenvalue weighted by Gasteiger charge is -2.10. The van der Waals surface area contributed by atoms with Crippen molar-refractivity contribution in [2.45, 2.75) is 19.3 Å². The summed E-state index contributed by atoms with van der Waals surface area (Å²) in [6.07, 6.45) is -0.498. The number of hydrogen-bond donors (Lipinski definition) is 2. The van der Waals surface area contributed by atoms with Gasteiger partial charge in [0.2, 0.25) is 0 Å². The molecule has 6 heteroatoms. The molecule has 0 aliphatic carbocycles. The Morgan fingerprint density at radius 3 is 2.11 bits per heavy atom. The first-order chi connectivity index (χ1) is 8.40. The van der Waals surface area contributed by atoms with Gasteiger partial charge in [0, 0.05) is 6.92 Å². The molecule has 0 saturated carbocycles. The average molecular weight is 252 g/mol. The molecular weight excluding hydrogens is 240 g/mol. The van der Waals surface area contributed by atoms with E-state index in [1.165, 1.54) is 31.2 Å². The molecular formula is C12H12O6. The van der Waals surface area contributed by atoms with Gasteiger partial charge >= 0.3 is 17.9 Å². The number of carboxylic acid groups (broad SMARTS) is 2. The highest BCUT2D eigenvalue weighted by atomic mass is 16.5. The Labute approximate surface area is 103 Å². The summed E-state index contributed by atoms with van der Waals surface area (Å²) >= 11 is 0. The van der Waals surface area contributed by atoms with Gasteiger partial charge in [-0.3, -0.25) is 14.4 Å². The van der Waals surface area contributed by atoms with Crippen molar-refractivity contribution in [3.05, 3.63) is 29.8 Å². The smallest absolute Gasteiger partial charge is 0.311 e. The second kappa shape index (κ2) is 5.81. The Morgan fingerprint density at radius 1 is 1.17 bits per heavy atom. The van der Waals surface area contributed by atoms with Crippen LogP contribution >= 0.6 is 0 Å². The maximum absolute atomic E-state index is 10.9. The van der Waals surface area contributed by atoms with E-state index in [2.05, 4.69) is 0 Å². The zero-order chi connectivity index (χ0) is 13.7. The van der Waals surface area contributed by atoms with Crippen molar-refractivity contribution >= 4 is 17.9 Å². The number of hydrogen-bond acceptors (Lipinski definition) is 4. The molecule has 0 amide bonds. The number of carboxylic acids is 2. The van der Waals surface area contributed by atoms with Crippen LogP contribution in [0.3, 0.4) is 0 Å². The van der Waals surface area contributed by atoms with Gasteiger partial charge in [0.1, 0.15) is 5.75 Å². The molecule has 18 heavy (non-hydrogen) atoms. The first kappa shape index (κ1) is 13.7. The molecule has 0 aromatic heterocycles. The van der Waals surface area contributed by atoms with E-state index >= 15 is 0 Å². The molecule has 0 radical (unpaired) electrons. The first-order valence-electron chi connectivity index (χ1n) is 5.13. The molecule has 96 valence electrons. The van der Waals surface area contributed by atoms with E-state index in [0.29, 0.717) is 5.56 Å². The van der Waals surface area contributed by atoms with E-state index in [4.69, 9.17) is 14.9 Å². The molecule has 2 N–H and O–H groups in total. The second-order valence-electron chi connectivity index (χ2n) is 3.65. The van der Waals surface area contributed by atoms with Crippen LogP contribution in [0.25, 0.3) is 0 Å². The molecule has 1 aromatic rings. The van der Waals surface area contributed by atoms with E-state index in [1.54, 1.807) is 0 Å². The van der Waals surface area contributed by atoms with Gasteiger partial charge in [-0.15, -0.1) is 0 Å². The van der Waals surface area contributed by atoms with Gasteiger partial charge in [0.25, 0.3) is 0 Å². The number of aliphatic carboxylic acids is 2. The van der Waals surface area contributed by atoms with Crippen molar-refractivity contribution in [1.82, 2.24) is 0 Å². The minimum atomic E-state index is -1.21. The zero-order valence-electron chi connectivity index (χ0n) is 9.62. The van der Waals surface area contributed by atoms with E-state index in [0.717, 1.165) is 0 Å². The SMILES string of the molecule is CC(=O)Oc1ccc(C(CC(=O)O)C(=O)O)cc1. The van der Waals surface area contributed by atoms with Crippen LogP contribution in [0.15, 0.2) is 24.3 Å². The molecule has 1 aromatic carbocycles. The third kappa shape index (κ3) is 3.89. The van der Waals surface area contributed by atoms with Crippen LogP contribution in [0.5, 0.6) is 5.75 Å². The third-order valence-corrected chi connectivity index (χ3v) is 2.22. The standard InChI is InChI=1S/C12H12O6/c1-7(13)18-9-4-2-8(3-5-9)10(12(16)17)6-11(14)15/h2-5,10H,6H2,1H3,(H,14,15)(H,16,17). The Kier molecular flexibility index (Phi) is 4.42. The molecule has 1 rings (SSSR count). The first-order valence-corrected chi connectivity index (χ1v) is 5.13. The molecule has 0 aliphatic heterocycles. The molecule has 0 bridgehead atoms. The van der Waals surface area contributed by atoms with Crippen LogP contribution in [-0.2, 0) is 14.4 Å². The summed E-state index contributed by atoms with van der Waals surface area (Å²) in [4.78, 5) is 32.2. The normalized spacial score (nSPS) is 11.6. The maximum Gasteiger partial charge on any atom is 0.311 e. The highest BCUT2D eigenvalue weighted by Gasteiger charge is 2.22. The Bertz CT molecular complexity index is 462. The minimum absolute atomic E-state index is 0.283. The van der Waals surface area contributed by atoms with E-state index in [9.17, 15) is 14.4 Å². The second-order valence-corrected chi connectivity index (χ2v) is 3.65. The van der Waals surface area contributed by atoms with Crippen LogP contribution in [0.2, 0.25) is 0 Å². The van der Waals surface area contributed by atoms with Crippen LogP contribution in [-0.4, -0.2) is 28.1 Å². The van der Waals surface area contributed by atoms with Crippen molar-refractivity contribution in [2.24, 2.45) is 0 Å². The van der Waals surface area contributed by atoms with Gasteiger partial charge in [-0.2, -0.15) is 0 Å². The number of carbonyl (C=O) groups excluding carboxylic acids is 1. The maximum atomic E-state index is 10.9. The van der Waals surface area contributed by atoms with Crippen LogP contribution in [0.1, 0.15) is 24.8 Å². The third-order valence-electron chi connectivity index (χ3n) is 2.22. The fourth-order valence-corrected chi connectivity index (χ4v) is 1.46. The molecule has 0 saturated heterocycles. The largest absolute Gasteiger partial charge is 0.481 e. The Hall–Kier alpha value is -2.37. The van der Waals surface area contributed by atoms with Crippen LogP contribution < -0.4 is 4.74 Å². The number of esters is 1. The van der Waals surface area contributed by atoms with E-state index < -0.39 is 30.2 Å². The lowest BCUT2D eigenvalue weighted by molar-refractivity contribution is -0.145. The number of ether oxygens (including phenoxy) is 1. The summed E-state index contributed by atoms with van der Waals surface area (Å²) in [6.45, 7) is 1.25. The van der Waals surface area contributed by atoms with Gasteiger partial charge in [0.15, 0.2) is 0 Å². The number of benzene rings is 1. The number of carbonyl (C=O) groups is 3. The van der Waals surface area contributed by atoms with Crippen LogP contribution in [0.4, 0.5) is 0 Å².